The summed E-state index contributed by atoms with van der Waals surface area (Å²) < 4.78 is 59.7. The molecule has 1 aromatic heterocycles. The van der Waals surface area contributed by atoms with Crippen molar-refractivity contribution < 1.29 is 26.7 Å². The first-order valence-corrected chi connectivity index (χ1v) is 11.0. The third kappa shape index (κ3) is 3.68. The van der Waals surface area contributed by atoms with Crippen LogP contribution in [0.4, 0.5) is 8.78 Å². The molecular weight excluding hydrogens is 444 g/mol. The Morgan fingerprint density at radius 3 is 2.56 bits per heavy atom. The van der Waals surface area contributed by atoms with Crippen LogP contribution in [0.3, 0.4) is 0 Å². The first-order chi connectivity index (χ1) is 15.1. The summed E-state index contributed by atoms with van der Waals surface area (Å²) in [4.78, 5) is 29.4. The maximum Gasteiger partial charge on any atom is 0.256 e. The molecule has 0 aliphatic carbocycles. The molecule has 1 atom stereocenters. The smallest absolute Gasteiger partial charge is 0.256 e. The molecule has 0 bridgehead atoms. The van der Waals surface area contributed by atoms with Gasteiger partial charge in [0.1, 0.15) is 0 Å². The molecule has 11 heteroatoms. The molecule has 32 heavy (non-hydrogen) atoms. The number of hydrogen-bond acceptors (Lipinski definition) is 5. The molecule has 1 aliphatic rings. The molecule has 3 aromatic rings. The summed E-state index contributed by atoms with van der Waals surface area (Å²) in [5, 5.41) is 0.139. The van der Waals surface area contributed by atoms with Crippen LogP contribution in [0.15, 0.2) is 46.1 Å². The first kappa shape index (κ1) is 22.1. The normalized spacial score (nSPS) is 16.1. The SMILES string of the molecule is CNS(=O)(=O)c1cccc(C(=O)N(C)C2COCc3[nH]c(=O)c4cc(F)c(F)cc4c32)c1. The largest absolute Gasteiger partial charge is 0.373 e. The zero-order valence-electron chi connectivity index (χ0n) is 17.1. The van der Waals surface area contributed by atoms with Gasteiger partial charge in [-0.15, -0.1) is 0 Å². The van der Waals surface area contributed by atoms with E-state index in [9.17, 15) is 26.8 Å². The predicted molar refractivity (Wildman–Crippen MR) is 112 cm³/mol. The minimum Gasteiger partial charge on any atom is -0.373 e. The molecule has 4 rings (SSSR count). The van der Waals surface area contributed by atoms with Gasteiger partial charge in [-0.1, -0.05) is 6.07 Å². The Kier molecular flexibility index (Phi) is 5.57. The zero-order chi connectivity index (χ0) is 23.2. The lowest BCUT2D eigenvalue weighted by Crippen LogP contribution is -2.37. The van der Waals surface area contributed by atoms with Crippen LogP contribution in [0.25, 0.3) is 10.8 Å². The van der Waals surface area contributed by atoms with Gasteiger partial charge in [0.2, 0.25) is 10.0 Å². The molecule has 8 nitrogen and oxygen atoms in total. The van der Waals surface area contributed by atoms with Gasteiger partial charge >= 0.3 is 0 Å². The van der Waals surface area contributed by atoms with Crippen molar-refractivity contribution in [2.45, 2.75) is 17.5 Å². The minimum atomic E-state index is -3.76. The molecule has 0 fully saturated rings. The zero-order valence-corrected chi connectivity index (χ0v) is 17.9. The fourth-order valence-electron chi connectivity index (χ4n) is 3.81. The van der Waals surface area contributed by atoms with Gasteiger partial charge in [-0.2, -0.15) is 0 Å². The average Bonchev–Trinajstić information content (AvgIpc) is 2.79. The van der Waals surface area contributed by atoms with Gasteiger partial charge < -0.3 is 14.6 Å². The summed E-state index contributed by atoms with van der Waals surface area (Å²) >= 11 is 0. The van der Waals surface area contributed by atoms with Gasteiger partial charge in [0.05, 0.1) is 29.5 Å². The van der Waals surface area contributed by atoms with E-state index >= 15 is 0 Å². The van der Waals surface area contributed by atoms with Crippen molar-refractivity contribution in [3.63, 3.8) is 0 Å². The quantitative estimate of drug-likeness (QED) is 0.616. The van der Waals surface area contributed by atoms with Crippen molar-refractivity contribution in [2.24, 2.45) is 0 Å². The molecule has 0 saturated carbocycles. The van der Waals surface area contributed by atoms with E-state index in [1.807, 2.05) is 0 Å². The number of aromatic nitrogens is 1. The molecule has 2 N–H and O–H groups in total. The molecule has 0 spiro atoms. The minimum absolute atomic E-state index is 0.0357. The van der Waals surface area contributed by atoms with E-state index in [0.717, 1.165) is 12.1 Å². The second-order valence-electron chi connectivity index (χ2n) is 7.34. The molecule has 1 unspecified atom stereocenters. The van der Waals surface area contributed by atoms with E-state index in [4.69, 9.17) is 4.74 Å². The fraction of sp³-hybridized carbons (Fsp3) is 0.238. The number of amides is 1. The van der Waals surface area contributed by atoms with Crippen molar-refractivity contribution in [1.29, 1.82) is 0 Å². The number of H-pyrrole nitrogens is 1. The molecule has 2 aromatic carbocycles. The number of carbonyl (C=O) groups is 1. The Labute approximate surface area is 181 Å². The lowest BCUT2D eigenvalue weighted by Gasteiger charge is -2.34. The monoisotopic (exact) mass is 463 g/mol. The van der Waals surface area contributed by atoms with Crippen LogP contribution < -0.4 is 10.3 Å². The van der Waals surface area contributed by atoms with Gasteiger partial charge in [0.25, 0.3) is 11.5 Å². The van der Waals surface area contributed by atoms with E-state index in [1.54, 1.807) is 0 Å². The van der Waals surface area contributed by atoms with Gasteiger partial charge in [0.15, 0.2) is 11.6 Å². The maximum absolute atomic E-state index is 14.0. The van der Waals surface area contributed by atoms with Crippen LogP contribution in [0.1, 0.15) is 27.7 Å². The maximum atomic E-state index is 14.0. The van der Waals surface area contributed by atoms with Crippen molar-refractivity contribution in [3.8, 4) is 0 Å². The van der Waals surface area contributed by atoms with Crippen LogP contribution in [-0.2, 0) is 21.4 Å². The number of nitrogens with one attached hydrogen (secondary N) is 2. The topological polar surface area (TPSA) is 109 Å². The van der Waals surface area contributed by atoms with Gasteiger partial charge in [-0.05, 0) is 42.8 Å². The third-order valence-corrected chi connectivity index (χ3v) is 6.90. The summed E-state index contributed by atoms with van der Waals surface area (Å²) in [5.41, 5.74) is 0.318. The Balaban J connectivity index is 1.81. The lowest BCUT2D eigenvalue weighted by atomic mass is 9.95. The number of ether oxygens (including phenoxy) is 1. The van der Waals surface area contributed by atoms with Gasteiger partial charge in [-0.3, -0.25) is 9.59 Å². The molecule has 0 saturated heterocycles. The highest BCUT2D eigenvalue weighted by molar-refractivity contribution is 7.89. The molecule has 0 radical (unpaired) electrons. The van der Waals surface area contributed by atoms with Gasteiger partial charge in [-0.25, -0.2) is 21.9 Å². The Morgan fingerprint density at radius 2 is 1.88 bits per heavy atom. The molecule has 2 heterocycles. The summed E-state index contributed by atoms with van der Waals surface area (Å²) in [7, 11) is -1.01. The Morgan fingerprint density at radius 1 is 1.19 bits per heavy atom. The first-order valence-electron chi connectivity index (χ1n) is 9.56. The summed E-state index contributed by atoms with van der Waals surface area (Å²) in [5.74, 6) is -2.78. The number of nitrogens with zero attached hydrogens (tertiary/aromatic N) is 1. The van der Waals surface area contributed by atoms with Crippen LogP contribution >= 0.6 is 0 Å². The van der Waals surface area contributed by atoms with Crippen molar-refractivity contribution in [3.05, 3.63) is 75.2 Å². The molecule has 168 valence electrons. The third-order valence-electron chi connectivity index (χ3n) is 5.49. The molecule has 1 aliphatic heterocycles. The number of benzene rings is 2. The highest BCUT2D eigenvalue weighted by Crippen LogP contribution is 2.34. The Bertz CT molecular complexity index is 1400. The fourth-order valence-corrected chi connectivity index (χ4v) is 4.58. The van der Waals surface area contributed by atoms with Crippen LogP contribution in [-0.4, -0.2) is 44.9 Å². The summed E-state index contributed by atoms with van der Waals surface area (Å²) in [6, 6.07) is 6.55. The number of pyridine rings is 1. The molecule has 1 amide bonds. The highest BCUT2D eigenvalue weighted by Gasteiger charge is 2.31. The van der Waals surface area contributed by atoms with Crippen LogP contribution in [0.2, 0.25) is 0 Å². The van der Waals surface area contributed by atoms with Crippen molar-refractivity contribution in [1.82, 2.24) is 14.6 Å². The summed E-state index contributed by atoms with van der Waals surface area (Å²) in [6.07, 6.45) is 0. The van der Waals surface area contributed by atoms with Crippen molar-refractivity contribution in [2.75, 3.05) is 20.7 Å². The highest BCUT2D eigenvalue weighted by atomic mass is 32.2. The number of sulfonamides is 1. The van der Waals surface area contributed by atoms with Crippen LogP contribution in [0, 0.1) is 11.6 Å². The lowest BCUT2D eigenvalue weighted by molar-refractivity contribution is 0.0335. The second kappa shape index (κ2) is 8.08. The van der Waals surface area contributed by atoms with Crippen LogP contribution in [0.5, 0.6) is 0 Å². The standard InChI is InChI=1S/C21H19F2N3O5S/c1-24-32(29,30)12-5-3-4-11(6-12)21(28)26(2)18-10-31-9-17-19(18)13-7-15(22)16(23)8-14(13)20(27)25-17/h3-8,18,24H,9-10H2,1-2H3,(H,25,27). The number of halogens is 2. The Hall–Kier alpha value is -3.15. The van der Waals surface area contributed by atoms with E-state index in [0.29, 0.717) is 11.3 Å². The van der Waals surface area contributed by atoms with Crippen molar-refractivity contribution >= 4 is 26.7 Å². The molecular formula is C21H19F2N3O5S. The number of carbonyl (C=O) groups excluding carboxylic acids is 1. The van der Waals surface area contributed by atoms with E-state index in [1.165, 1.54) is 43.3 Å². The average molecular weight is 463 g/mol. The van der Waals surface area contributed by atoms with E-state index in [-0.39, 0.29) is 34.4 Å². The van der Waals surface area contributed by atoms with E-state index < -0.39 is 39.2 Å². The number of hydrogen-bond donors (Lipinski definition) is 2. The number of likely N-dealkylation sites (N-methyl/N-ethyl adjacent to an activating group) is 1. The summed E-state index contributed by atoms with van der Waals surface area (Å²) in [6.45, 7) is 0.0812. The second-order valence-corrected chi connectivity index (χ2v) is 9.23. The van der Waals surface area contributed by atoms with E-state index in [2.05, 4.69) is 9.71 Å². The predicted octanol–water partition coefficient (Wildman–Crippen LogP) is 2.06. The van der Waals surface area contributed by atoms with Gasteiger partial charge in [0, 0.05) is 23.9 Å². The number of rotatable bonds is 4. The number of aromatic amines is 1. The number of fused-ring (bicyclic) bond motifs is 3.